The molecular weight excluding hydrogens is 412 g/mol. The number of thiophene rings is 1. The van der Waals surface area contributed by atoms with E-state index in [9.17, 15) is 8.42 Å². The third-order valence-corrected chi connectivity index (χ3v) is 9.87. The summed E-state index contributed by atoms with van der Waals surface area (Å²) >= 11 is 1.86. The molecule has 0 spiro atoms. The Kier molecular flexibility index (Phi) is 6.10. The van der Waals surface area contributed by atoms with Crippen LogP contribution >= 0.6 is 11.3 Å². The van der Waals surface area contributed by atoms with Crippen molar-refractivity contribution in [2.24, 2.45) is 11.3 Å². The Bertz CT molecular complexity index is 1060. The Hall–Kier alpha value is -1.27. The van der Waals surface area contributed by atoms with Crippen LogP contribution in [0.3, 0.4) is 0 Å². The second kappa shape index (κ2) is 8.34. The third-order valence-electron chi connectivity index (χ3n) is 6.89. The molecule has 6 heteroatoms. The minimum absolute atomic E-state index is 0.186. The van der Waals surface area contributed by atoms with Gasteiger partial charge in [-0.3, -0.25) is 0 Å². The van der Waals surface area contributed by atoms with E-state index in [1.54, 1.807) is 0 Å². The maximum atomic E-state index is 11.7. The number of hydrogen-bond donors (Lipinski definition) is 0. The zero-order chi connectivity index (χ0) is 21.5. The maximum absolute atomic E-state index is 11.7. The quantitative estimate of drug-likeness (QED) is 0.529. The van der Waals surface area contributed by atoms with Crippen molar-refractivity contribution in [3.8, 4) is 0 Å². The van der Waals surface area contributed by atoms with Crippen LogP contribution in [0.4, 0.5) is 0 Å². The van der Waals surface area contributed by atoms with Crippen molar-refractivity contribution >= 4 is 31.4 Å². The molecule has 0 unspecified atom stereocenters. The molecule has 2 fully saturated rings. The fourth-order valence-corrected chi connectivity index (χ4v) is 7.96. The van der Waals surface area contributed by atoms with Crippen LogP contribution in [0.15, 0.2) is 17.7 Å². The summed E-state index contributed by atoms with van der Waals surface area (Å²) in [4.78, 5) is 12.1. The van der Waals surface area contributed by atoms with Crippen LogP contribution in [0.25, 0.3) is 10.2 Å². The van der Waals surface area contributed by atoms with Gasteiger partial charge in [0.15, 0.2) is 9.84 Å². The van der Waals surface area contributed by atoms with Crippen molar-refractivity contribution in [1.29, 1.82) is 0 Å². The van der Waals surface area contributed by atoms with Crippen LogP contribution in [0.1, 0.15) is 81.6 Å². The fraction of sp³-hybridized carbons (Fsp3) is 0.667. The van der Waals surface area contributed by atoms with E-state index in [1.807, 2.05) is 18.3 Å². The Morgan fingerprint density at radius 2 is 1.97 bits per heavy atom. The van der Waals surface area contributed by atoms with E-state index < -0.39 is 9.84 Å². The van der Waals surface area contributed by atoms with Gasteiger partial charge in [-0.1, -0.05) is 25.5 Å². The lowest BCUT2D eigenvalue weighted by atomic mass is 9.73. The molecule has 0 N–H and O–H groups in total. The molecule has 2 aliphatic rings. The molecule has 0 amide bonds. The van der Waals surface area contributed by atoms with E-state index in [0.717, 1.165) is 35.6 Å². The normalized spacial score (nSPS) is 24.5. The first-order valence-corrected chi connectivity index (χ1v) is 13.9. The fourth-order valence-electron chi connectivity index (χ4n) is 4.95. The lowest BCUT2D eigenvalue weighted by Gasteiger charge is -2.33. The first-order chi connectivity index (χ1) is 14.1. The lowest BCUT2D eigenvalue weighted by molar-refractivity contribution is 0.226. The molecular formula is C24H34N2O2S2. The molecule has 0 bridgehead atoms. The van der Waals surface area contributed by atoms with Crippen LogP contribution in [0.2, 0.25) is 0 Å². The van der Waals surface area contributed by atoms with Gasteiger partial charge in [-0.05, 0) is 82.1 Å². The molecule has 4 nitrogen and oxygen atoms in total. The van der Waals surface area contributed by atoms with Gasteiger partial charge in [0.25, 0.3) is 0 Å². The molecule has 1 saturated carbocycles. The van der Waals surface area contributed by atoms with E-state index in [1.165, 1.54) is 41.5 Å². The van der Waals surface area contributed by atoms with E-state index in [0.29, 0.717) is 22.8 Å². The summed E-state index contributed by atoms with van der Waals surface area (Å²) in [5, 5.41) is 1.22. The summed E-state index contributed by atoms with van der Waals surface area (Å²) in [6.45, 7) is 8.88. The Balaban J connectivity index is 1.49. The molecule has 1 aliphatic heterocycles. The highest BCUT2D eigenvalue weighted by Gasteiger charge is 2.29. The van der Waals surface area contributed by atoms with Crippen molar-refractivity contribution in [2.75, 3.05) is 11.5 Å². The first kappa shape index (κ1) is 21.9. The zero-order valence-electron chi connectivity index (χ0n) is 18.7. The molecule has 0 aromatic carbocycles. The molecule has 2 aromatic heterocycles. The van der Waals surface area contributed by atoms with Gasteiger partial charge in [-0.15, -0.1) is 11.3 Å². The Morgan fingerprint density at radius 1 is 1.23 bits per heavy atom. The van der Waals surface area contributed by atoms with Gasteiger partial charge in [0.1, 0.15) is 10.7 Å². The largest absolute Gasteiger partial charge is 0.238 e. The van der Waals surface area contributed by atoms with Crippen LogP contribution in [-0.4, -0.2) is 29.9 Å². The standard InChI is InChI=1S/C24H34N2O2S2/c1-16(13-18-9-12-30(27,28)15-18)5-6-21-20-14-22(29-23(20)26-17(2)25-21)19-7-10-24(3,4)11-8-19/h13-14,18-19H,5-12,15H2,1-4H3/b16-13+/t18-/m0/s1. The number of allylic oxidation sites excluding steroid dienone is 2. The topological polar surface area (TPSA) is 59.9 Å². The summed E-state index contributed by atoms with van der Waals surface area (Å²) in [7, 11) is -2.82. The SMILES string of the molecule is C/C(=C\[C@@H]1CCS(=O)(=O)C1)CCc1nc(C)nc2sc(C3CCC(C)(C)CC3)cc12. The van der Waals surface area contributed by atoms with Crippen molar-refractivity contribution < 1.29 is 8.42 Å². The minimum Gasteiger partial charge on any atom is -0.238 e. The van der Waals surface area contributed by atoms with Crippen LogP contribution in [-0.2, 0) is 16.3 Å². The predicted molar refractivity (Wildman–Crippen MR) is 126 cm³/mol. The average Bonchev–Trinajstić information content (AvgIpc) is 3.22. The molecule has 30 heavy (non-hydrogen) atoms. The van der Waals surface area contributed by atoms with Gasteiger partial charge in [0.05, 0.1) is 17.2 Å². The summed E-state index contributed by atoms with van der Waals surface area (Å²) in [6, 6.07) is 2.36. The van der Waals surface area contributed by atoms with Gasteiger partial charge < -0.3 is 0 Å². The molecule has 4 rings (SSSR count). The van der Waals surface area contributed by atoms with E-state index in [4.69, 9.17) is 9.97 Å². The highest BCUT2D eigenvalue weighted by Crippen LogP contribution is 2.45. The number of hydrogen-bond acceptors (Lipinski definition) is 5. The molecule has 1 saturated heterocycles. The van der Waals surface area contributed by atoms with Crippen molar-refractivity contribution in [3.05, 3.63) is 34.1 Å². The highest BCUT2D eigenvalue weighted by atomic mass is 32.2. The number of sulfone groups is 1. The predicted octanol–water partition coefficient (Wildman–Crippen LogP) is 6.00. The first-order valence-electron chi connectivity index (χ1n) is 11.2. The number of aryl methyl sites for hydroxylation is 2. The highest BCUT2D eigenvalue weighted by molar-refractivity contribution is 7.91. The second-order valence-corrected chi connectivity index (χ2v) is 13.5. The van der Waals surface area contributed by atoms with Gasteiger partial charge in [0, 0.05) is 10.3 Å². The monoisotopic (exact) mass is 446 g/mol. The Labute approximate surface area is 185 Å². The summed E-state index contributed by atoms with van der Waals surface area (Å²) < 4.78 is 23.4. The van der Waals surface area contributed by atoms with Crippen molar-refractivity contribution in [2.45, 2.75) is 78.6 Å². The van der Waals surface area contributed by atoms with Gasteiger partial charge in [-0.2, -0.15) is 0 Å². The maximum Gasteiger partial charge on any atom is 0.150 e. The minimum atomic E-state index is -2.82. The van der Waals surface area contributed by atoms with E-state index >= 15 is 0 Å². The van der Waals surface area contributed by atoms with Crippen molar-refractivity contribution in [3.63, 3.8) is 0 Å². The smallest absolute Gasteiger partial charge is 0.150 e. The number of fused-ring (bicyclic) bond motifs is 1. The van der Waals surface area contributed by atoms with Crippen molar-refractivity contribution in [1.82, 2.24) is 9.97 Å². The van der Waals surface area contributed by atoms with E-state index in [-0.39, 0.29) is 5.92 Å². The molecule has 164 valence electrons. The van der Waals surface area contributed by atoms with Crippen LogP contribution in [0, 0.1) is 18.3 Å². The zero-order valence-corrected chi connectivity index (χ0v) is 20.3. The summed E-state index contributed by atoms with van der Waals surface area (Å²) in [5.41, 5.74) is 2.89. The van der Waals surface area contributed by atoms with Crippen LogP contribution in [0.5, 0.6) is 0 Å². The number of rotatable bonds is 5. The molecule has 3 heterocycles. The summed E-state index contributed by atoms with van der Waals surface area (Å²) in [5.74, 6) is 2.34. The van der Waals surface area contributed by atoms with E-state index in [2.05, 4.69) is 32.9 Å². The number of aromatic nitrogens is 2. The van der Waals surface area contributed by atoms with Gasteiger partial charge in [-0.25, -0.2) is 18.4 Å². The van der Waals surface area contributed by atoms with Crippen LogP contribution < -0.4 is 0 Å². The van der Waals surface area contributed by atoms with Gasteiger partial charge in [0.2, 0.25) is 0 Å². The molecule has 1 aliphatic carbocycles. The molecule has 0 radical (unpaired) electrons. The summed E-state index contributed by atoms with van der Waals surface area (Å²) in [6.07, 6.45) is 9.89. The van der Waals surface area contributed by atoms with Gasteiger partial charge >= 0.3 is 0 Å². The molecule has 2 aromatic rings. The average molecular weight is 447 g/mol. The Morgan fingerprint density at radius 3 is 2.63 bits per heavy atom. The lowest BCUT2D eigenvalue weighted by Crippen LogP contribution is -2.19. The third kappa shape index (κ3) is 5.13. The number of nitrogens with zero attached hydrogens (tertiary/aromatic N) is 2. The second-order valence-electron chi connectivity index (χ2n) is 10.2. The molecule has 1 atom stereocenters.